The number of para-hydroxylation sites is 1. The van der Waals surface area contributed by atoms with E-state index in [9.17, 15) is 0 Å². The molecule has 0 aliphatic carbocycles. The second kappa shape index (κ2) is 8.49. The first-order chi connectivity index (χ1) is 11.3. The van der Waals surface area contributed by atoms with Crippen molar-refractivity contribution in [2.24, 2.45) is 0 Å². The maximum absolute atomic E-state index is 5.98. The van der Waals surface area contributed by atoms with Crippen LogP contribution in [0.3, 0.4) is 0 Å². The number of hydrogen-bond acceptors (Lipinski definition) is 4. The van der Waals surface area contributed by atoms with Gasteiger partial charge in [-0.15, -0.1) is 17.0 Å². The van der Waals surface area contributed by atoms with Crippen molar-refractivity contribution in [1.29, 1.82) is 0 Å². The molecule has 0 aliphatic rings. The van der Waals surface area contributed by atoms with Crippen LogP contribution in [0.1, 0.15) is 1.43 Å². The van der Waals surface area contributed by atoms with Gasteiger partial charge in [-0.3, -0.25) is 0 Å². The normalized spacial score (nSPS) is 9.92. The summed E-state index contributed by atoms with van der Waals surface area (Å²) in [6, 6.07) is 17.5. The molecule has 0 atom stereocenters. The Morgan fingerprint density at radius 3 is 2.32 bits per heavy atom. The van der Waals surface area contributed by atoms with Crippen molar-refractivity contribution >= 4 is 33.8 Å². The molecule has 4 rings (SSSR count). The van der Waals surface area contributed by atoms with Gasteiger partial charge >= 0.3 is 29.6 Å². The van der Waals surface area contributed by atoms with E-state index in [-0.39, 0.29) is 48.0 Å². The number of ether oxygens (including phenoxy) is 1. The predicted molar refractivity (Wildman–Crippen MR) is 102 cm³/mol. The number of nitrogens with one attached hydrogen (secondary N) is 1. The molecule has 2 aromatic heterocycles. The van der Waals surface area contributed by atoms with Gasteiger partial charge in [0.2, 0.25) is 0 Å². The van der Waals surface area contributed by atoms with Crippen molar-refractivity contribution < 1.29 is 35.7 Å². The number of fused-ring (bicyclic) bond motifs is 1. The van der Waals surface area contributed by atoms with Crippen molar-refractivity contribution in [3.63, 3.8) is 0 Å². The van der Waals surface area contributed by atoms with Crippen LogP contribution in [0.2, 0.25) is 0 Å². The van der Waals surface area contributed by atoms with Crippen LogP contribution < -0.4 is 40.0 Å². The summed E-state index contributed by atoms with van der Waals surface area (Å²) in [5, 5.41) is 0.837. The van der Waals surface area contributed by atoms with Crippen molar-refractivity contribution in [3.8, 4) is 22.6 Å². The molecule has 2 heterocycles. The molecular formula is C18H16BrN4NaO. The minimum Gasteiger partial charge on any atom is -1.00 e. The van der Waals surface area contributed by atoms with Gasteiger partial charge in [-0.25, -0.2) is 9.97 Å². The molecule has 5 nitrogen and oxygen atoms in total. The Kier molecular flexibility index (Phi) is 6.61. The van der Waals surface area contributed by atoms with Crippen LogP contribution in [0.4, 0.5) is 5.82 Å². The average molecular weight is 407 g/mol. The number of halogens is 1. The fraction of sp³-hybridized carbons (Fsp3) is 0. The van der Waals surface area contributed by atoms with E-state index in [1.54, 1.807) is 0 Å². The number of benzene rings is 2. The Balaban J connectivity index is 0.00000113. The number of nitrogens with zero attached hydrogens (tertiary/aromatic N) is 2. The molecule has 2 aromatic carbocycles. The Bertz CT molecular complexity index is 964. The van der Waals surface area contributed by atoms with E-state index in [2.05, 4.69) is 15.0 Å². The summed E-state index contributed by atoms with van der Waals surface area (Å²) in [4.78, 5) is 11.4. The molecule has 0 aliphatic heterocycles. The zero-order chi connectivity index (χ0) is 15.6. The third-order valence-corrected chi connectivity index (χ3v) is 3.64. The first kappa shape index (κ1) is 19.5. The van der Waals surface area contributed by atoms with Crippen LogP contribution in [-0.2, 0) is 0 Å². The van der Waals surface area contributed by atoms with E-state index in [0.717, 1.165) is 33.7 Å². The monoisotopic (exact) mass is 406 g/mol. The van der Waals surface area contributed by atoms with Crippen molar-refractivity contribution in [3.05, 3.63) is 67.1 Å². The molecule has 25 heavy (non-hydrogen) atoms. The van der Waals surface area contributed by atoms with E-state index in [0.29, 0.717) is 5.82 Å². The number of anilines is 1. The Morgan fingerprint density at radius 1 is 0.920 bits per heavy atom. The molecule has 7 heteroatoms. The summed E-state index contributed by atoms with van der Waals surface area (Å²) < 4.78 is 5.80. The molecule has 3 N–H and O–H groups in total. The summed E-state index contributed by atoms with van der Waals surface area (Å²) in [5.74, 6) is 2.06. The van der Waals surface area contributed by atoms with E-state index in [1.807, 2.05) is 60.8 Å². The third kappa shape index (κ3) is 4.04. The molecule has 0 fully saturated rings. The van der Waals surface area contributed by atoms with Crippen molar-refractivity contribution in [1.82, 2.24) is 15.0 Å². The first-order valence-electron chi connectivity index (χ1n) is 7.22. The molecule has 0 bridgehead atoms. The molecule has 0 unspecified atom stereocenters. The van der Waals surface area contributed by atoms with Gasteiger partial charge in [-0.1, -0.05) is 30.3 Å². The Labute approximate surface area is 179 Å². The largest absolute Gasteiger partial charge is 1.00 e. The number of nitrogen functional groups attached to an aromatic ring is 1. The second-order valence-electron chi connectivity index (χ2n) is 5.12. The number of nitrogens with two attached hydrogens (primary N) is 1. The van der Waals surface area contributed by atoms with E-state index in [1.165, 1.54) is 6.33 Å². The van der Waals surface area contributed by atoms with Gasteiger partial charge in [0.05, 0.1) is 5.39 Å². The number of aromatic amines is 1. The average Bonchev–Trinajstić information content (AvgIpc) is 3.02. The van der Waals surface area contributed by atoms with E-state index >= 15 is 0 Å². The quantitative estimate of drug-likeness (QED) is 0.507. The first-order valence-corrected chi connectivity index (χ1v) is 7.22. The minimum absolute atomic E-state index is 0. The SMILES string of the molecule is Br.Nc1ncnc2[nH]cc(-c3ccc(Oc4ccccc4)cc3)c12.[H-].[Na+]. The van der Waals surface area contributed by atoms with Gasteiger partial charge in [0.1, 0.15) is 29.3 Å². The van der Waals surface area contributed by atoms with Crippen LogP contribution in [0, 0.1) is 0 Å². The molecule has 0 saturated heterocycles. The summed E-state index contributed by atoms with van der Waals surface area (Å²) >= 11 is 0. The zero-order valence-electron chi connectivity index (χ0n) is 14.6. The molecule has 0 spiro atoms. The van der Waals surface area contributed by atoms with E-state index in [4.69, 9.17) is 10.5 Å². The molecule has 122 valence electrons. The number of aromatic nitrogens is 3. The van der Waals surface area contributed by atoms with Gasteiger partial charge in [-0.2, -0.15) is 0 Å². The summed E-state index contributed by atoms with van der Waals surface area (Å²) in [6.07, 6.45) is 3.34. The fourth-order valence-corrected chi connectivity index (χ4v) is 2.54. The van der Waals surface area contributed by atoms with E-state index < -0.39 is 0 Å². The topological polar surface area (TPSA) is 76.8 Å². The van der Waals surface area contributed by atoms with Crippen LogP contribution in [-0.4, -0.2) is 15.0 Å². The predicted octanol–water partition coefficient (Wildman–Crippen LogP) is 1.69. The van der Waals surface area contributed by atoms with Gasteiger partial charge in [0.25, 0.3) is 0 Å². The molecule has 0 saturated carbocycles. The Hall–Kier alpha value is -1.86. The molecule has 0 radical (unpaired) electrons. The van der Waals surface area contributed by atoms with Crippen LogP contribution >= 0.6 is 17.0 Å². The number of hydrogen-bond donors (Lipinski definition) is 2. The summed E-state index contributed by atoms with van der Waals surface area (Å²) in [5.41, 5.74) is 8.71. The van der Waals surface area contributed by atoms with Crippen LogP contribution in [0.15, 0.2) is 67.1 Å². The van der Waals surface area contributed by atoms with Crippen molar-refractivity contribution in [2.45, 2.75) is 0 Å². The maximum atomic E-state index is 5.98. The third-order valence-electron chi connectivity index (χ3n) is 3.64. The summed E-state index contributed by atoms with van der Waals surface area (Å²) in [6.45, 7) is 0. The molecule has 0 amide bonds. The van der Waals surface area contributed by atoms with Crippen LogP contribution in [0.5, 0.6) is 11.5 Å². The molecular weight excluding hydrogens is 391 g/mol. The van der Waals surface area contributed by atoms with Crippen LogP contribution in [0.25, 0.3) is 22.2 Å². The number of rotatable bonds is 3. The van der Waals surface area contributed by atoms with Crippen molar-refractivity contribution in [2.75, 3.05) is 5.73 Å². The standard InChI is InChI=1S/C18H14N4O.BrH.Na.H/c19-17-16-15(10-20-18(16)22-11-21-17)12-6-8-14(9-7-12)23-13-4-2-1-3-5-13;;;/h1-11H,(H3,19,20,21,22);1H;;/q;;+1;-1. The minimum atomic E-state index is 0. The van der Waals surface area contributed by atoms with Gasteiger partial charge < -0.3 is 16.9 Å². The number of H-pyrrole nitrogens is 1. The molecule has 4 aromatic rings. The fourth-order valence-electron chi connectivity index (χ4n) is 2.54. The second-order valence-corrected chi connectivity index (χ2v) is 5.12. The summed E-state index contributed by atoms with van der Waals surface area (Å²) in [7, 11) is 0. The smallest absolute Gasteiger partial charge is 1.00 e. The van der Waals surface area contributed by atoms with Gasteiger partial charge in [0, 0.05) is 11.8 Å². The Morgan fingerprint density at radius 2 is 1.60 bits per heavy atom. The maximum Gasteiger partial charge on any atom is 1.00 e. The zero-order valence-corrected chi connectivity index (χ0v) is 17.4. The van der Waals surface area contributed by atoms with Gasteiger partial charge in [0.15, 0.2) is 0 Å². The van der Waals surface area contributed by atoms with Gasteiger partial charge in [-0.05, 0) is 29.8 Å².